The number of guanidine groups is 1. The Bertz CT molecular complexity index is 631. The molecule has 1 aromatic rings. The second-order valence-corrected chi connectivity index (χ2v) is 6.84. The minimum absolute atomic E-state index is 0. The van der Waals surface area contributed by atoms with Gasteiger partial charge in [0.05, 0.1) is 18.0 Å². The summed E-state index contributed by atoms with van der Waals surface area (Å²) in [5.41, 5.74) is -0.849. The molecule has 0 radical (unpaired) electrons. The van der Waals surface area contributed by atoms with Crippen molar-refractivity contribution in [1.29, 1.82) is 0 Å². The van der Waals surface area contributed by atoms with Gasteiger partial charge in [-0.3, -0.25) is 9.79 Å². The van der Waals surface area contributed by atoms with E-state index in [1.54, 1.807) is 0 Å². The van der Waals surface area contributed by atoms with Gasteiger partial charge >= 0.3 is 12.1 Å². The van der Waals surface area contributed by atoms with Crippen LogP contribution in [0.3, 0.4) is 0 Å². The van der Waals surface area contributed by atoms with Crippen LogP contribution in [-0.4, -0.2) is 55.1 Å². The average molecular weight is 520 g/mol. The number of methoxy groups -OCH3 is 1. The number of piperidine rings is 1. The van der Waals surface area contributed by atoms with Gasteiger partial charge in [0, 0.05) is 38.0 Å². The van der Waals surface area contributed by atoms with E-state index in [9.17, 15) is 18.0 Å². The molecule has 0 bridgehead atoms. The van der Waals surface area contributed by atoms with Crippen molar-refractivity contribution in [3.8, 4) is 0 Å². The predicted octanol–water partition coefficient (Wildman–Crippen LogP) is 3.17. The van der Waals surface area contributed by atoms with Crippen molar-refractivity contribution in [2.24, 2.45) is 10.9 Å². The number of rotatable bonds is 5. The van der Waals surface area contributed by atoms with E-state index in [0.717, 1.165) is 16.7 Å². The highest BCUT2D eigenvalue weighted by Gasteiger charge is 2.33. The maximum atomic E-state index is 12.6. The minimum atomic E-state index is -4.41. The fourth-order valence-corrected chi connectivity index (χ4v) is 3.53. The summed E-state index contributed by atoms with van der Waals surface area (Å²) in [5.74, 6) is 0.439. The lowest BCUT2D eigenvalue weighted by molar-refractivity contribution is -0.146. The van der Waals surface area contributed by atoms with Crippen LogP contribution in [-0.2, 0) is 22.1 Å². The summed E-state index contributed by atoms with van der Waals surface area (Å²) in [4.78, 5) is 21.8. The molecule has 1 aliphatic heterocycles. The number of carbonyl (C=O) groups is 1. The Kier molecular flexibility index (Phi) is 9.77. The first-order valence-electron chi connectivity index (χ1n) is 8.47. The van der Waals surface area contributed by atoms with Crippen LogP contribution in [0.25, 0.3) is 0 Å². The molecule has 6 nitrogen and oxygen atoms in total. The number of aliphatic imine (C=N–C) groups is 1. The third kappa shape index (κ3) is 7.09. The van der Waals surface area contributed by atoms with E-state index < -0.39 is 11.9 Å². The van der Waals surface area contributed by atoms with Crippen molar-refractivity contribution in [2.45, 2.75) is 32.4 Å². The van der Waals surface area contributed by atoms with Gasteiger partial charge in [-0.15, -0.1) is 35.3 Å². The van der Waals surface area contributed by atoms with Crippen LogP contribution < -0.4 is 5.32 Å². The van der Waals surface area contributed by atoms with E-state index >= 15 is 0 Å². The van der Waals surface area contributed by atoms with Crippen molar-refractivity contribution in [3.05, 3.63) is 16.1 Å². The lowest BCUT2D eigenvalue weighted by atomic mass is 9.97. The van der Waals surface area contributed by atoms with E-state index in [1.165, 1.54) is 7.11 Å². The largest absolute Gasteiger partial charge is 0.469 e. The van der Waals surface area contributed by atoms with Crippen molar-refractivity contribution >= 4 is 47.2 Å². The van der Waals surface area contributed by atoms with Crippen molar-refractivity contribution in [3.63, 3.8) is 0 Å². The first kappa shape index (κ1) is 23.9. The van der Waals surface area contributed by atoms with E-state index in [0.29, 0.717) is 56.4 Å². The molecule has 27 heavy (non-hydrogen) atoms. The average Bonchev–Trinajstić information content (AvgIpc) is 3.10. The van der Waals surface area contributed by atoms with Gasteiger partial charge in [-0.1, -0.05) is 0 Å². The molecule has 0 unspecified atom stereocenters. The monoisotopic (exact) mass is 520 g/mol. The molecule has 2 heterocycles. The van der Waals surface area contributed by atoms with Crippen LogP contribution in [0.15, 0.2) is 10.4 Å². The molecular formula is C16H24F3IN4O2S. The van der Waals surface area contributed by atoms with Gasteiger partial charge in [0.2, 0.25) is 0 Å². The second-order valence-electron chi connectivity index (χ2n) is 5.89. The topological polar surface area (TPSA) is 66.8 Å². The molecule has 0 atom stereocenters. The number of hydrogen-bond acceptors (Lipinski definition) is 5. The molecule has 0 spiro atoms. The first-order chi connectivity index (χ1) is 12.3. The normalized spacial score (nSPS) is 16.0. The van der Waals surface area contributed by atoms with Crippen LogP contribution in [0, 0.1) is 5.92 Å². The Morgan fingerprint density at radius 1 is 1.44 bits per heavy atom. The summed E-state index contributed by atoms with van der Waals surface area (Å²) >= 11 is 0.997. The third-order valence-electron chi connectivity index (χ3n) is 4.09. The van der Waals surface area contributed by atoms with Crippen LogP contribution in [0.4, 0.5) is 13.2 Å². The minimum Gasteiger partial charge on any atom is -0.469 e. The van der Waals surface area contributed by atoms with Gasteiger partial charge in [0.15, 0.2) is 11.7 Å². The summed E-state index contributed by atoms with van der Waals surface area (Å²) in [6, 6.07) is 0. The fraction of sp³-hybridized carbons (Fsp3) is 0.688. The zero-order chi connectivity index (χ0) is 19.2. The second kappa shape index (κ2) is 11.0. The standard InChI is InChI=1S/C16H23F3N4O2S.HI/c1-3-20-15(23-8-5-11(6-9-23)14(24)25-2)21-7-4-13-22-12(10-26-13)16(17,18)19;/h10-11H,3-9H2,1-2H3,(H,20,21);1H. The number of alkyl halides is 3. The number of nitrogens with zero attached hydrogens (tertiary/aromatic N) is 3. The van der Waals surface area contributed by atoms with Gasteiger partial charge in [-0.2, -0.15) is 13.2 Å². The van der Waals surface area contributed by atoms with Gasteiger partial charge < -0.3 is 15.0 Å². The molecule has 0 aliphatic carbocycles. The van der Waals surface area contributed by atoms with E-state index in [1.807, 2.05) is 6.92 Å². The highest BCUT2D eigenvalue weighted by molar-refractivity contribution is 14.0. The zero-order valence-electron chi connectivity index (χ0n) is 15.2. The summed E-state index contributed by atoms with van der Waals surface area (Å²) < 4.78 is 42.5. The predicted molar refractivity (Wildman–Crippen MR) is 109 cm³/mol. The molecule has 0 aromatic carbocycles. The van der Waals surface area contributed by atoms with Gasteiger partial charge in [-0.25, -0.2) is 4.98 Å². The van der Waals surface area contributed by atoms with Crippen molar-refractivity contribution < 1.29 is 22.7 Å². The number of hydrogen-bond donors (Lipinski definition) is 1. The SMILES string of the molecule is CCNC(=NCCc1nc(C(F)(F)F)cs1)N1CCC(C(=O)OC)CC1.I. The van der Waals surface area contributed by atoms with Crippen LogP contribution in [0.2, 0.25) is 0 Å². The number of ether oxygens (including phenoxy) is 1. The quantitative estimate of drug-likeness (QED) is 0.280. The highest BCUT2D eigenvalue weighted by atomic mass is 127. The van der Waals surface area contributed by atoms with Crippen LogP contribution in [0.5, 0.6) is 0 Å². The van der Waals surface area contributed by atoms with Crippen molar-refractivity contribution in [1.82, 2.24) is 15.2 Å². The maximum absolute atomic E-state index is 12.6. The number of likely N-dealkylation sites (tertiary alicyclic amines) is 1. The molecular weight excluding hydrogens is 496 g/mol. The van der Waals surface area contributed by atoms with Gasteiger partial charge in [0.1, 0.15) is 0 Å². The number of halogens is 4. The summed E-state index contributed by atoms with van der Waals surface area (Å²) in [7, 11) is 1.39. The number of nitrogens with one attached hydrogen (secondary N) is 1. The molecule has 2 rings (SSSR count). The number of esters is 1. The smallest absolute Gasteiger partial charge is 0.434 e. The molecule has 1 fully saturated rings. The van der Waals surface area contributed by atoms with Gasteiger partial charge in [0.25, 0.3) is 0 Å². The highest BCUT2D eigenvalue weighted by Crippen LogP contribution is 2.30. The Labute approximate surface area is 177 Å². The first-order valence-corrected chi connectivity index (χ1v) is 9.35. The third-order valence-corrected chi connectivity index (χ3v) is 5.00. The van der Waals surface area contributed by atoms with Crippen LogP contribution >= 0.6 is 35.3 Å². The Balaban J connectivity index is 0.00000364. The molecule has 0 amide bonds. The van der Waals surface area contributed by atoms with E-state index in [-0.39, 0.29) is 35.9 Å². The summed E-state index contributed by atoms with van der Waals surface area (Å²) in [5, 5.41) is 4.64. The number of aromatic nitrogens is 1. The Hall–Kier alpha value is -1.11. The maximum Gasteiger partial charge on any atom is 0.434 e. The summed E-state index contributed by atoms with van der Waals surface area (Å²) in [6.07, 6.45) is -2.66. The zero-order valence-corrected chi connectivity index (χ0v) is 18.4. The lowest BCUT2D eigenvalue weighted by Gasteiger charge is -2.33. The van der Waals surface area contributed by atoms with E-state index in [4.69, 9.17) is 4.74 Å². The molecule has 1 aliphatic rings. The molecule has 1 aromatic heterocycles. The van der Waals surface area contributed by atoms with Gasteiger partial charge in [-0.05, 0) is 19.8 Å². The molecule has 154 valence electrons. The molecule has 1 saturated heterocycles. The molecule has 11 heteroatoms. The Morgan fingerprint density at radius 2 is 2.11 bits per heavy atom. The van der Waals surface area contributed by atoms with Crippen molar-refractivity contribution in [2.75, 3.05) is 33.3 Å². The number of carbonyl (C=O) groups excluding carboxylic acids is 1. The molecule has 1 N–H and O–H groups in total. The van der Waals surface area contributed by atoms with Crippen LogP contribution in [0.1, 0.15) is 30.5 Å². The van der Waals surface area contributed by atoms with E-state index in [2.05, 4.69) is 20.2 Å². The molecule has 0 saturated carbocycles. The Morgan fingerprint density at radius 3 is 2.63 bits per heavy atom. The fourth-order valence-electron chi connectivity index (χ4n) is 2.73. The number of thiazole rings is 1. The lowest BCUT2D eigenvalue weighted by Crippen LogP contribution is -2.46. The summed E-state index contributed by atoms with van der Waals surface area (Å²) in [6.45, 7) is 4.35.